The number of ether oxygens (including phenoxy) is 1. The fourth-order valence-electron chi connectivity index (χ4n) is 2.82. The van der Waals surface area contributed by atoms with Crippen molar-refractivity contribution in [2.45, 2.75) is 32.1 Å². The number of nitrogens with zero attached hydrogens (tertiary/aromatic N) is 1. The van der Waals surface area contributed by atoms with Gasteiger partial charge in [0, 0.05) is 20.0 Å². The highest BCUT2D eigenvalue weighted by atomic mass is 16.5. The average molecular weight is 304 g/mol. The quantitative estimate of drug-likeness (QED) is 0.751. The predicted octanol–water partition coefficient (Wildman–Crippen LogP) is 2.69. The number of benzene rings is 1. The highest BCUT2D eigenvalue weighted by molar-refractivity contribution is 5.75. The number of carbonyl (C=O) groups excluding carboxylic acids is 1. The van der Waals surface area contributed by atoms with Crippen molar-refractivity contribution < 1.29 is 9.53 Å². The lowest BCUT2D eigenvalue weighted by Gasteiger charge is -2.23. The average Bonchev–Trinajstić information content (AvgIpc) is 2.58. The molecule has 4 heteroatoms. The molecule has 4 nitrogen and oxygen atoms in total. The third-order valence-electron chi connectivity index (χ3n) is 4.30. The monoisotopic (exact) mass is 304 g/mol. The van der Waals surface area contributed by atoms with E-state index in [1.165, 1.54) is 12.8 Å². The van der Waals surface area contributed by atoms with E-state index in [0.717, 1.165) is 44.1 Å². The van der Waals surface area contributed by atoms with Gasteiger partial charge in [-0.05, 0) is 56.8 Å². The first-order valence-corrected chi connectivity index (χ1v) is 8.38. The molecule has 1 fully saturated rings. The van der Waals surface area contributed by atoms with Crippen molar-refractivity contribution in [2.24, 2.45) is 5.92 Å². The maximum atomic E-state index is 12.1. The van der Waals surface area contributed by atoms with Gasteiger partial charge in [-0.1, -0.05) is 18.2 Å². The maximum absolute atomic E-state index is 12.1. The summed E-state index contributed by atoms with van der Waals surface area (Å²) >= 11 is 0. The molecule has 1 aromatic carbocycles. The van der Waals surface area contributed by atoms with E-state index in [4.69, 9.17) is 4.74 Å². The molecule has 0 unspecified atom stereocenters. The van der Waals surface area contributed by atoms with Crippen molar-refractivity contribution in [1.29, 1.82) is 0 Å². The van der Waals surface area contributed by atoms with Crippen LogP contribution >= 0.6 is 0 Å². The second-order valence-electron chi connectivity index (χ2n) is 6.06. The first kappa shape index (κ1) is 16.8. The molecule has 0 spiro atoms. The Morgan fingerprint density at radius 2 is 2.00 bits per heavy atom. The van der Waals surface area contributed by atoms with Gasteiger partial charge < -0.3 is 15.0 Å². The van der Waals surface area contributed by atoms with Gasteiger partial charge >= 0.3 is 0 Å². The van der Waals surface area contributed by atoms with Crippen LogP contribution in [0.1, 0.15) is 32.1 Å². The van der Waals surface area contributed by atoms with Crippen molar-refractivity contribution >= 4 is 5.91 Å². The minimum absolute atomic E-state index is 0.262. The molecule has 0 radical (unpaired) electrons. The van der Waals surface area contributed by atoms with Crippen LogP contribution in [0.2, 0.25) is 0 Å². The second kappa shape index (κ2) is 9.46. The van der Waals surface area contributed by atoms with Gasteiger partial charge in [0.25, 0.3) is 0 Å². The van der Waals surface area contributed by atoms with Crippen molar-refractivity contribution in [1.82, 2.24) is 10.2 Å². The van der Waals surface area contributed by atoms with Gasteiger partial charge in [-0.15, -0.1) is 0 Å². The molecule has 122 valence electrons. The fraction of sp³-hybridized carbons (Fsp3) is 0.611. The molecular weight excluding hydrogens is 276 g/mol. The van der Waals surface area contributed by atoms with Crippen LogP contribution in [0.25, 0.3) is 0 Å². The normalized spacial score (nSPS) is 15.5. The summed E-state index contributed by atoms with van der Waals surface area (Å²) in [6.07, 6.45) is 5.00. The zero-order chi connectivity index (χ0) is 15.6. The number of piperidine rings is 1. The molecule has 0 saturated carbocycles. The molecule has 0 aliphatic carbocycles. The van der Waals surface area contributed by atoms with E-state index in [9.17, 15) is 4.79 Å². The smallest absolute Gasteiger partial charge is 0.222 e. The van der Waals surface area contributed by atoms with E-state index in [1.807, 2.05) is 42.3 Å². The molecule has 0 aromatic heterocycles. The lowest BCUT2D eigenvalue weighted by atomic mass is 9.93. The fourth-order valence-corrected chi connectivity index (χ4v) is 2.82. The van der Waals surface area contributed by atoms with Crippen LogP contribution in [0.15, 0.2) is 30.3 Å². The largest absolute Gasteiger partial charge is 0.494 e. The van der Waals surface area contributed by atoms with Gasteiger partial charge in [0.05, 0.1) is 6.61 Å². The van der Waals surface area contributed by atoms with Crippen LogP contribution in [0, 0.1) is 5.92 Å². The second-order valence-corrected chi connectivity index (χ2v) is 6.06. The summed E-state index contributed by atoms with van der Waals surface area (Å²) in [6.45, 7) is 3.62. The summed E-state index contributed by atoms with van der Waals surface area (Å²) < 4.78 is 5.65. The van der Waals surface area contributed by atoms with Crippen molar-refractivity contribution in [2.75, 3.05) is 33.3 Å². The van der Waals surface area contributed by atoms with E-state index in [-0.39, 0.29) is 5.91 Å². The number of carbonyl (C=O) groups is 1. The SMILES string of the molecule is CN(CCCOc1ccccc1)C(=O)CCC1CCNCC1. The summed E-state index contributed by atoms with van der Waals surface area (Å²) in [5, 5.41) is 3.36. The van der Waals surface area contributed by atoms with Gasteiger partial charge in [0.1, 0.15) is 5.75 Å². The van der Waals surface area contributed by atoms with E-state index < -0.39 is 0 Å². The Kier molecular flexibility index (Phi) is 7.23. The Balaban J connectivity index is 1.55. The Labute approximate surface area is 133 Å². The Morgan fingerprint density at radius 3 is 2.73 bits per heavy atom. The van der Waals surface area contributed by atoms with Gasteiger partial charge in [-0.2, -0.15) is 0 Å². The van der Waals surface area contributed by atoms with Gasteiger partial charge in [-0.3, -0.25) is 4.79 Å². The topological polar surface area (TPSA) is 41.6 Å². The van der Waals surface area contributed by atoms with Gasteiger partial charge in [0.15, 0.2) is 0 Å². The molecular formula is C18H28N2O2. The number of rotatable bonds is 8. The molecule has 1 amide bonds. The maximum Gasteiger partial charge on any atom is 0.222 e. The first-order valence-electron chi connectivity index (χ1n) is 8.38. The van der Waals surface area contributed by atoms with Crippen molar-refractivity contribution in [3.05, 3.63) is 30.3 Å². The summed E-state index contributed by atoms with van der Waals surface area (Å²) in [4.78, 5) is 14.0. The highest BCUT2D eigenvalue weighted by Crippen LogP contribution is 2.18. The molecule has 1 saturated heterocycles. The van der Waals surface area contributed by atoms with E-state index in [2.05, 4.69) is 5.32 Å². The molecule has 1 aliphatic rings. The van der Waals surface area contributed by atoms with Crippen molar-refractivity contribution in [3.8, 4) is 5.75 Å². The Morgan fingerprint density at radius 1 is 1.27 bits per heavy atom. The Bertz CT molecular complexity index is 430. The number of para-hydroxylation sites is 1. The number of hydrogen-bond donors (Lipinski definition) is 1. The minimum atomic E-state index is 0.262. The lowest BCUT2D eigenvalue weighted by Crippen LogP contribution is -2.31. The first-order chi connectivity index (χ1) is 10.8. The Hall–Kier alpha value is -1.55. The summed E-state index contributed by atoms with van der Waals surface area (Å²) in [5.41, 5.74) is 0. The highest BCUT2D eigenvalue weighted by Gasteiger charge is 2.16. The lowest BCUT2D eigenvalue weighted by molar-refractivity contribution is -0.130. The molecule has 0 atom stereocenters. The number of nitrogens with one attached hydrogen (secondary N) is 1. The van der Waals surface area contributed by atoms with Crippen LogP contribution in [-0.2, 0) is 4.79 Å². The molecule has 1 heterocycles. The van der Waals surface area contributed by atoms with Gasteiger partial charge in [-0.25, -0.2) is 0 Å². The van der Waals surface area contributed by atoms with Crippen LogP contribution in [0.5, 0.6) is 5.75 Å². The van der Waals surface area contributed by atoms with Crippen molar-refractivity contribution in [3.63, 3.8) is 0 Å². The number of hydrogen-bond acceptors (Lipinski definition) is 3. The molecule has 22 heavy (non-hydrogen) atoms. The third kappa shape index (κ3) is 6.06. The molecule has 2 rings (SSSR count). The number of amides is 1. The zero-order valence-corrected chi connectivity index (χ0v) is 13.6. The van der Waals surface area contributed by atoms with Gasteiger partial charge in [0.2, 0.25) is 5.91 Å². The molecule has 1 N–H and O–H groups in total. The molecule has 1 aromatic rings. The van der Waals surface area contributed by atoms with Crippen LogP contribution < -0.4 is 10.1 Å². The summed E-state index contributed by atoms with van der Waals surface area (Å²) in [5.74, 6) is 1.88. The minimum Gasteiger partial charge on any atom is -0.494 e. The standard InChI is InChI=1S/C18H28N2O2/c1-20(14-5-15-22-17-6-3-2-4-7-17)18(21)9-8-16-10-12-19-13-11-16/h2-4,6-7,16,19H,5,8-15H2,1H3. The van der Waals surface area contributed by atoms with Crippen LogP contribution in [-0.4, -0.2) is 44.1 Å². The molecule has 1 aliphatic heterocycles. The van der Waals surface area contributed by atoms with Crippen LogP contribution in [0.4, 0.5) is 0 Å². The predicted molar refractivity (Wildman–Crippen MR) is 89.0 cm³/mol. The summed E-state index contributed by atoms with van der Waals surface area (Å²) in [6, 6.07) is 9.81. The van der Waals surface area contributed by atoms with E-state index in [1.54, 1.807) is 0 Å². The van der Waals surface area contributed by atoms with E-state index >= 15 is 0 Å². The van der Waals surface area contributed by atoms with E-state index in [0.29, 0.717) is 13.0 Å². The van der Waals surface area contributed by atoms with Crippen LogP contribution in [0.3, 0.4) is 0 Å². The summed E-state index contributed by atoms with van der Waals surface area (Å²) in [7, 11) is 1.90. The third-order valence-corrected chi connectivity index (χ3v) is 4.30. The molecule has 0 bridgehead atoms. The zero-order valence-electron chi connectivity index (χ0n) is 13.6.